The highest BCUT2D eigenvalue weighted by atomic mass is 16.5. The van der Waals surface area contributed by atoms with Crippen molar-refractivity contribution in [3.8, 4) is 11.5 Å². The number of nitrogens with zero attached hydrogens (tertiary/aromatic N) is 4. The minimum Gasteiger partial charge on any atom is -0.355 e. The van der Waals surface area contributed by atoms with E-state index < -0.39 is 0 Å². The van der Waals surface area contributed by atoms with Crippen molar-refractivity contribution >= 4 is 5.82 Å². The maximum Gasteiger partial charge on any atom is 0.261 e. The smallest absolute Gasteiger partial charge is 0.261 e. The Bertz CT molecular complexity index is 562. The van der Waals surface area contributed by atoms with Gasteiger partial charge in [0.2, 0.25) is 0 Å². The summed E-state index contributed by atoms with van der Waals surface area (Å²) in [7, 11) is 1.96. The monoisotopic (exact) mass is 244 g/mol. The molecule has 0 unspecified atom stereocenters. The molecule has 0 saturated heterocycles. The minimum absolute atomic E-state index is 0.490. The molecule has 0 aliphatic heterocycles. The number of likely N-dealkylation sites (N-methyl/N-ethyl adjacent to an activating group) is 1. The van der Waals surface area contributed by atoms with Crippen LogP contribution >= 0.6 is 0 Å². The predicted octanol–water partition coefficient (Wildman–Crippen LogP) is 2.45. The van der Waals surface area contributed by atoms with E-state index in [1.165, 1.54) is 0 Å². The Hall–Kier alpha value is -2.17. The average molecular weight is 244 g/mol. The first kappa shape index (κ1) is 12.3. The van der Waals surface area contributed by atoms with Gasteiger partial charge in [-0.1, -0.05) is 17.3 Å². The molecule has 2 aromatic rings. The first-order valence-corrected chi connectivity index (χ1v) is 5.69. The van der Waals surface area contributed by atoms with Crippen LogP contribution in [0.5, 0.6) is 0 Å². The number of hydrogen-bond acceptors (Lipinski definition) is 5. The second-order valence-corrected chi connectivity index (χ2v) is 4.33. The third-order valence-corrected chi connectivity index (χ3v) is 2.41. The first-order valence-electron chi connectivity index (χ1n) is 5.69. The third-order valence-electron chi connectivity index (χ3n) is 2.41. The van der Waals surface area contributed by atoms with Gasteiger partial charge in [0.25, 0.3) is 5.89 Å². The summed E-state index contributed by atoms with van der Waals surface area (Å²) in [5, 5.41) is 3.80. The van der Waals surface area contributed by atoms with Crippen LogP contribution in [0.15, 0.2) is 35.0 Å². The summed E-state index contributed by atoms with van der Waals surface area (Å²) in [4.78, 5) is 10.6. The molecule has 0 N–H and O–H groups in total. The van der Waals surface area contributed by atoms with Crippen molar-refractivity contribution in [1.29, 1.82) is 0 Å². The van der Waals surface area contributed by atoms with Crippen molar-refractivity contribution < 1.29 is 4.52 Å². The molecule has 0 fully saturated rings. The minimum atomic E-state index is 0.490. The molecule has 2 rings (SSSR count). The van der Waals surface area contributed by atoms with Gasteiger partial charge in [0.05, 0.1) is 5.56 Å². The lowest BCUT2D eigenvalue weighted by Gasteiger charge is -2.19. The lowest BCUT2D eigenvalue weighted by Crippen LogP contribution is -2.20. The summed E-state index contributed by atoms with van der Waals surface area (Å²) in [5.74, 6) is 1.91. The Morgan fingerprint density at radius 2 is 2.28 bits per heavy atom. The highest BCUT2D eigenvalue weighted by molar-refractivity contribution is 5.69. The van der Waals surface area contributed by atoms with Crippen LogP contribution in [0, 0.1) is 6.92 Å². The van der Waals surface area contributed by atoms with E-state index >= 15 is 0 Å². The number of pyridine rings is 1. The van der Waals surface area contributed by atoms with Gasteiger partial charge >= 0.3 is 0 Å². The molecule has 0 atom stereocenters. The van der Waals surface area contributed by atoms with E-state index in [9.17, 15) is 0 Å². The number of hydrogen-bond donors (Lipinski definition) is 0. The van der Waals surface area contributed by atoms with E-state index in [1.54, 1.807) is 13.1 Å². The van der Waals surface area contributed by atoms with Gasteiger partial charge < -0.3 is 9.42 Å². The van der Waals surface area contributed by atoms with Gasteiger partial charge in [-0.05, 0) is 26.0 Å². The van der Waals surface area contributed by atoms with Crippen LogP contribution in [-0.4, -0.2) is 28.7 Å². The Kier molecular flexibility index (Phi) is 3.41. The van der Waals surface area contributed by atoms with Crippen LogP contribution in [0.25, 0.3) is 11.5 Å². The number of anilines is 1. The van der Waals surface area contributed by atoms with Crippen LogP contribution in [-0.2, 0) is 0 Å². The third kappa shape index (κ3) is 2.56. The molecule has 0 bridgehead atoms. The van der Waals surface area contributed by atoms with Crippen molar-refractivity contribution in [2.75, 3.05) is 18.5 Å². The molecule has 2 aromatic heterocycles. The van der Waals surface area contributed by atoms with Gasteiger partial charge in [0.1, 0.15) is 5.82 Å². The molecular formula is C13H16N4O. The van der Waals surface area contributed by atoms with Gasteiger partial charge in [0, 0.05) is 19.8 Å². The fraction of sp³-hybridized carbons (Fsp3) is 0.308. The van der Waals surface area contributed by atoms with Crippen LogP contribution in [0.4, 0.5) is 5.82 Å². The molecule has 0 radical (unpaired) electrons. The maximum absolute atomic E-state index is 5.20. The van der Waals surface area contributed by atoms with Gasteiger partial charge in [-0.3, -0.25) is 0 Å². The fourth-order valence-corrected chi connectivity index (χ4v) is 1.75. The summed E-state index contributed by atoms with van der Waals surface area (Å²) >= 11 is 0. The summed E-state index contributed by atoms with van der Waals surface area (Å²) in [6.07, 6.45) is 1.75. The molecule has 5 heteroatoms. The van der Waals surface area contributed by atoms with E-state index in [0.29, 0.717) is 11.7 Å². The summed E-state index contributed by atoms with van der Waals surface area (Å²) in [6, 6.07) is 3.77. The Labute approximate surface area is 106 Å². The normalized spacial score (nSPS) is 10.4. The van der Waals surface area contributed by atoms with Crippen LogP contribution in [0.1, 0.15) is 12.7 Å². The van der Waals surface area contributed by atoms with Gasteiger partial charge in [-0.25, -0.2) is 4.98 Å². The van der Waals surface area contributed by atoms with E-state index in [4.69, 9.17) is 4.52 Å². The van der Waals surface area contributed by atoms with Crippen molar-refractivity contribution in [2.24, 2.45) is 0 Å². The second kappa shape index (κ2) is 5.00. The standard InChI is InChI=1S/C13H16N4O/c1-9(2)8-17(4)12-11(6-5-7-14-12)13-15-10(3)16-18-13/h5-7H,1,8H2,2-4H3. The van der Waals surface area contributed by atoms with Crippen molar-refractivity contribution in [3.05, 3.63) is 36.3 Å². The maximum atomic E-state index is 5.20. The lowest BCUT2D eigenvalue weighted by molar-refractivity contribution is 0.425. The zero-order chi connectivity index (χ0) is 13.1. The molecule has 18 heavy (non-hydrogen) atoms. The molecule has 0 aromatic carbocycles. The Morgan fingerprint density at radius 3 is 2.89 bits per heavy atom. The Morgan fingerprint density at radius 1 is 1.50 bits per heavy atom. The molecule has 2 heterocycles. The van der Waals surface area contributed by atoms with E-state index in [0.717, 1.165) is 23.5 Å². The topological polar surface area (TPSA) is 55.1 Å². The van der Waals surface area contributed by atoms with Crippen LogP contribution in [0.2, 0.25) is 0 Å². The summed E-state index contributed by atoms with van der Waals surface area (Å²) < 4.78 is 5.20. The largest absolute Gasteiger partial charge is 0.355 e. The van der Waals surface area contributed by atoms with Gasteiger partial charge in [-0.15, -0.1) is 0 Å². The average Bonchev–Trinajstić information content (AvgIpc) is 2.75. The van der Waals surface area contributed by atoms with Crippen LogP contribution < -0.4 is 4.90 Å². The molecular weight excluding hydrogens is 228 g/mol. The molecule has 0 aliphatic rings. The molecule has 0 saturated carbocycles. The lowest BCUT2D eigenvalue weighted by atomic mass is 10.2. The van der Waals surface area contributed by atoms with Crippen molar-refractivity contribution in [2.45, 2.75) is 13.8 Å². The van der Waals surface area contributed by atoms with E-state index in [2.05, 4.69) is 21.7 Å². The molecule has 5 nitrogen and oxygen atoms in total. The van der Waals surface area contributed by atoms with E-state index in [-0.39, 0.29) is 0 Å². The Balaban J connectivity index is 2.39. The first-order chi connectivity index (χ1) is 8.58. The highest BCUT2D eigenvalue weighted by Gasteiger charge is 2.15. The SMILES string of the molecule is C=C(C)CN(C)c1ncccc1-c1nc(C)no1. The van der Waals surface area contributed by atoms with Crippen molar-refractivity contribution in [3.63, 3.8) is 0 Å². The second-order valence-electron chi connectivity index (χ2n) is 4.33. The quantitative estimate of drug-likeness (QED) is 0.773. The van der Waals surface area contributed by atoms with Gasteiger partial charge in [0.15, 0.2) is 5.82 Å². The molecule has 0 spiro atoms. The van der Waals surface area contributed by atoms with Crippen LogP contribution in [0.3, 0.4) is 0 Å². The van der Waals surface area contributed by atoms with Crippen molar-refractivity contribution in [1.82, 2.24) is 15.1 Å². The number of aryl methyl sites for hydroxylation is 1. The van der Waals surface area contributed by atoms with E-state index in [1.807, 2.05) is 31.0 Å². The highest BCUT2D eigenvalue weighted by Crippen LogP contribution is 2.26. The molecule has 94 valence electrons. The predicted molar refractivity (Wildman–Crippen MR) is 70.4 cm³/mol. The van der Waals surface area contributed by atoms with Gasteiger partial charge in [-0.2, -0.15) is 4.98 Å². The zero-order valence-electron chi connectivity index (χ0n) is 10.8. The summed E-state index contributed by atoms with van der Waals surface area (Å²) in [6.45, 7) is 8.41. The summed E-state index contributed by atoms with van der Waals surface area (Å²) in [5.41, 5.74) is 1.90. The molecule has 0 amide bonds. The fourth-order valence-electron chi connectivity index (χ4n) is 1.75. The zero-order valence-corrected chi connectivity index (χ0v) is 10.8. The number of aromatic nitrogens is 3. The number of rotatable bonds is 4. The molecule has 0 aliphatic carbocycles.